The highest BCUT2D eigenvalue weighted by atomic mass is 35.5. The van der Waals surface area contributed by atoms with E-state index < -0.39 is 0 Å². The van der Waals surface area contributed by atoms with Crippen LogP contribution in [0.3, 0.4) is 0 Å². The van der Waals surface area contributed by atoms with Crippen molar-refractivity contribution in [2.45, 2.75) is 50.7 Å². The number of likely N-dealkylation sites (N-methyl/N-ethyl adjacent to an activating group) is 1. The lowest BCUT2D eigenvalue weighted by molar-refractivity contribution is 0.382. The average Bonchev–Trinajstić information content (AvgIpc) is 2.61. The van der Waals surface area contributed by atoms with E-state index in [-0.39, 0.29) is 17.2 Å². The highest BCUT2D eigenvalue weighted by Crippen LogP contribution is 2.26. The molecule has 0 saturated carbocycles. The van der Waals surface area contributed by atoms with Crippen LogP contribution in [0.5, 0.6) is 0 Å². The number of hydrogen-bond acceptors (Lipinski definition) is 5. The minimum absolute atomic E-state index is 0. The van der Waals surface area contributed by atoms with Crippen molar-refractivity contribution in [1.82, 2.24) is 15.5 Å². The molecule has 100 valence electrons. The number of halogens is 1. The molecule has 1 aromatic heterocycles. The summed E-state index contributed by atoms with van der Waals surface area (Å²) in [5.41, 5.74) is 0. The number of nitrogens with one attached hydrogen (secondary N) is 1. The Kier molecular flexibility index (Phi) is 7.13. The van der Waals surface area contributed by atoms with E-state index in [0.717, 1.165) is 23.9 Å². The maximum absolute atomic E-state index is 5.20. The first kappa shape index (κ1) is 16.7. The molecule has 1 atom stereocenters. The summed E-state index contributed by atoms with van der Waals surface area (Å²) in [6.07, 6.45) is 0.806. The Bertz CT molecular complexity index is 325. The fraction of sp³-hybridized carbons (Fsp3) is 0.818. The van der Waals surface area contributed by atoms with Gasteiger partial charge in [0.1, 0.15) is 0 Å². The quantitative estimate of drug-likeness (QED) is 0.898. The molecule has 1 heterocycles. The van der Waals surface area contributed by atoms with E-state index >= 15 is 0 Å². The van der Waals surface area contributed by atoms with E-state index in [0.29, 0.717) is 6.04 Å². The number of rotatable bonds is 5. The van der Waals surface area contributed by atoms with Crippen LogP contribution in [0, 0.1) is 0 Å². The summed E-state index contributed by atoms with van der Waals surface area (Å²) in [5.74, 6) is 2.29. The Morgan fingerprint density at radius 2 is 2.06 bits per heavy atom. The standard InChI is InChI=1S/C11H21N3OS.ClH/c1-8(12-5)6-9-13-10(15-14-9)7-16-11(2,3)4;/h8,12H,6-7H2,1-5H3;1H. The third-order valence-electron chi connectivity index (χ3n) is 2.12. The molecule has 1 unspecified atom stereocenters. The highest BCUT2D eigenvalue weighted by molar-refractivity contribution is 7.99. The normalized spacial score (nSPS) is 13.2. The predicted molar refractivity (Wildman–Crippen MR) is 74.8 cm³/mol. The Morgan fingerprint density at radius 1 is 1.41 bits per heavy atom. The van der Waals surface area contributed by atoms with Gasteiger partial charge in [0, 0.05) is 17.2 Å². The van der Waals surface area contributed by atoms with Crippen molar-refractivity contribution in [2.75, 3.05) is 7.05 Å². The molecular weight excluding hydrogens is 258 g/mol. The van der Waals surface area contributed by atoms with E-state index in [2.05, 4.69) is 43.2 Å². The molecule has 1 aromatic rings. The monoisotopic (exact) mass is 279 g/mol. The van der Waals surface area contributed by atoms with Crippen LogP contribution in [-0.4, -0.2) is 28.0 Å². The molecule has 0 bridgehead atoms. The second kappa shape index (κ2) is 7.24. The van der Waals surface area contributed by atoms with Crippen molar-refractivity contribution in [2.24, 2.45) is 0 Å². The lowest BCUT2D eigenvalue weighted by atomic mass is 10.2. The molecule has 1 rings (SSSR count). The molecule has 0 aliphatic carbocycles. The Hall–Kier alpha value is -0.260. The number of hydrogen-bond donors (Lipinski definition) is 1. The molecule has 0 aromatic carbocycles. The second-order valence-corrected chi connectivity index (χ2v) is 6.70. The number of aromatic nitrogens is 2. The third-order valence-corrected chi connectivity index (χ3v) is 3.38. The van der Waals surface area contributed by atoms with Crippen LogP contribution in [0.4, 0.5) is 0 Å². The van der Waals surface area contributed by atoms with Crippen molar-refractivity contribution in [3.05, 3.63) is 11.7 Å². The van der Waals surface area contributed by atoms with E-state index in [1.807, 2.05) is 18.8 Å². The van der Waals surface area contributed by atoms with Gasteiger partial charge in [0.05, 0.1) is 5.75 Å². The first-order valence-corrected chi connectivity index (χ1v) is 6.52. The van der Waals surface area contributed by atoms with E-state index in [4.69, 9.17) is 4.52 Å². The van der Waals surface area contributed by atoms with Gasteiger partial charge in [-0.2, -0.15) is 4.98 Å². The van der Waals surface area contributed by atoms with Crippen LogP contribution >= 0.6 is 24.2 Å². The number of nitrogens with zero attached hydrogens (tertiary/aromatic N) is 2. The largest absolute Gasteiger partial charge is 0.338 e. The van der Waals surface area contributed by atoms with Gasteiger partial charge in [-0.05, 0) is 14.0 Å². The van der Waals surface area contributed by atoms with Crippen LogP contribution < -0.4 is 5.32 Å². The van der Waals surface area contributed by atoms with Gasteiger partial charge in [-0.1, -0.05) is 25.9 Å². The molecular formula is C11H22ClN3OS. The van der Waals surface area contributed by atoms with Gasteiger partial charge in [0.2, 0.25) is 5.89 Å². The third kappa shape index (κ3) is 6.91. The molecule has 0 spiro atoms. The van der Waals surface area contributed by atoms with Gasteiger partial charge in [0.15, 0.2) is 5.82 Å². The smallest absolute Gasteiger partial charge is 0.236 e. The molecule has 4 nitrogen and oxygen atoms in total. The summed E-state index contributed by atoms with van der Waals surface area (Å²) in [7, 11) is 1.93. The zero-order valence-corrected chi connectivity index (χ0v) is 12.7. The van der Waals surface area contributed by atoms with Crippen molar-refractivity contribution < 1.29 is 4.52 Å². The highest BCUT2D eigenvalue weighted by Gasteiger charge is 2.14. The van der Waals surface area contributed by atoms with E-state index in [9.17, 15) is 0 Å². The van der Waals surface area contributed by atoms with Gasteiger partial charge < -0.3 is 9.84 Å². The molecule has 0 aliphatic rings. The lowest BCUT2D eigenvalue weighted by Gasteiger charge is -2.15. The van der Waals surface area contributed by atoms with Crippen molar-refractivity contribution in [3.63, 3.8) is 0 Å². The fourth-order valence-electron chi connectivity index (χ4n) is 1.09. The van der Waals surface area contributed by atoms with Crippen molar-refractivity contribution >= 4 is 24.2 Å². The maximum atomic E-state index is 5.20. The molecule has 0 amide bonds. The molecule has 0 aliphatic heterocycles. The Labute approximate surface area is 114 Å². The van der Waals surface area contributed by atoms with Crippen molar-refractivity contribution in [3.8, 4) is 0 Å². The summed E-state index contributed by atoms with van der Waals surface area (Å²) < 4.78 is 5.42. The summed E-state index contributed by atoms with van der Waals surface area (Å²) in [6.45, 7) is 8.63. The zero-order valence-electron chi connectivity index (χ0n) is 11.1. The summed E-state index contributed by atoms with van der Waals surface area (Å²) >= 11 is 1.81. The predicted octanol–water partition coefficient (Wildman–Crippen LogP) is 2.67. The lowest BCUT2D eigenvalue weighted by Crippen LogP contribution is -2.24. The minimum Gasteiger partial charge on any atom is -0.338 e. The van der Waals surface area contributed by atoms with Gasteiger partial charge in [0.25, 0.3) is 0 Å². The van der Waals surface area contributed by atoms with E-state index in [1.165, 1.54) is 0 Å². The molecule has 0 saturated heterocycles. The maximum Gasteiger partial charge on any atom is 0.236 e. The molecule has 6 heteroatoms. The van der Waals surface area contributed by atoms with Crippen LogP contribution in [-0.2, 0) is 12.2 Å². The molecule has 1 N–H and O–H groups in total. The second-order valence-electron chi connectivity index (χ2n) is 4.90. The average molecular weight is 280 g/mol. The Morgan fingerprint density at radius 3 is 2.59 bits per heavy atom. The molecule has 0 fully saturated rings. The van der Waals surface area contributed by atoms with Crippen LogP contribution in [0.1, 0.15) is 39.4 Å². The summed E-state index contributed by atoms with van der Waals surface area (Å²) in [5, 5.41) is 7.12. The zero-order chi connectivity index (χ0) is 12.2. The van der Waals surface area contributed by atoms with Crippen LogP contribution in [0.15, 0.2) is 4.52 Å². The fourth-order valence-corrected chi connectivity index (χ4v) is 1.76. The Balaban J connectivity index is 0.00000256. The van der Waals surface area contributed by atoms with Crippen molar-refractivity contribution in [1.29, 1.82) is 0 Å². The van der Waals surface area contributed by atoms with Gasteiger partial charge in [-0.3, -0.25) is 0 Å². The first-order chi connectivity index (χ1) is 7.40. The summed E-state index contributed by atoms with van der Waals surface area (Å²) in [4.78, 5) is 4.36. The first-order valence-electron chi connectivity index (χ1n) is 5.53. The van der Waals surface area contributed by atoms with Crippen LogP contribution in [0.2, 0.25) is 0 Å². The van der Waals surface area contributed by atoms with Gasteiger partial charge in [-0.15, -0.1) is 24.2 Å². The SMILES string of the molecule is CNC(C)Cc1noc(CSC(C)(C)C)n1.Cl. The molecule has 17 heavy (non-hydrogen) atoms. The van der Waals surface area contributed by atoms with Crippen LogP contribution in [0.25, 0.3) is 0 Å². The van der Waals surface area contributed by atoms with Gasteiger partial charge >= 0.3 is 0 Å². The minimum atomic E-state index is 0. The molecule has 0 radical (unpaired) electrons. The summed E-state index contributed by atoms with van der Waals surface area (Å²) in [6, 6.07) is 0.376. The van der Waals surface area contributed by atoms with E-state index in [1.54, 1.807) is 0 Å². The topological polar surface area (TPSA) is 51.0 Å². The van der Waals surface area contributed by atoms with Gasteiger partial charge in [-0.25, -0.2) is 0 Å². The number of thioether (sulfide) groups is 1.